The van der Waals surface area contributed by atoms with E-state index in [1.54, 1.807) is 11.3 Å². The summed E-state index contributed by atoms with van der Waals surface area (Å²) in [6.45, 7) is 0.611. The molecule has 0 saturated heterocycles. The molecule has 2 aromatic rings. The fraction of sp³-hybridized carbons (Fsp3) is 0.214. The molecule has 0 aliphatic carbocycles. The molecule has 21 heavy (non-hydrogen) atoms. The minimum absolute atomic E-state index is 0.145. The van der Waals surface area contributed by atoms with E-state index in [-0.39, 0.29) is 10.6 Å². The molecule has 7 heteroatoms. The third-order valence-electron chi connectivity index (χ3n) is 2.99. The van der Waals surface area contributed by atoms with Gasteiger partial charge in [0.25, 0.3) is 0 Å². The van der Waals surface area contributed by atoms with Crippen molar-refractivity contribution in [3.63, 3.8) is 0 Å². The molecule has 0 fully saturated rings. The lowest BCUT2D eigenvalue weighted by Crippen LogP contribution is -2.21. The van der Waals surface area contributed by atoms with Crippen LogP contribution in [-0.2, 0) is 12.7 Å². The Kier molecular flexibility index (Phi) is 4.53. The monoisotopic (exact) mass is 330 g/mol. The van der Waals surface area contributed by atoms with Crippen LogP contribution in [0.25, 0.3) is 0 Å². The molecule has 0 saturated carbocycles. The van der Waals surface area contributed by atoms with Gasteiger partial charge in [-0.1, -0.05) is 18.3 Å². The molecule has 112 valence electrons. The summed E-state index contributed by atoms with van der Waals surface area (Å²) in [6, 6.07) is 7.74. The third kappa shape index (κ3) is 3.74. The van der Waals surface area contributed by atoms with Crippen LogP contribution in [0.2, 0.25) is 0 Å². The van der Waals surface area contributed by atoms with Crippen molar-refractivity contribution < 1.29 is 13.2 Å². The van der Waals surface area contributed by atoms with Gasteiger partial charge in [0.15, 0.2) is 0 Å². The van der Waals surface area contributed by atoms with E-state index in [1.165, 1.54) is 12.1 Å². The number of thiophene rings is 1. The fourth-order valence-corrected chi connectivity index (χ4v) is 2.87. The van der Waals surface area contributed by atoms with E-state index in [0.717, 1.165) is 10.9 Å². The van der Waals surface area contributed by atoms with Crippen molar-refractivity contribution >= 4 is 34.2 Å². The predicted molar refractivity (Wildman–Crippen MR) is 83.8 cm³/mol. The van der Waals surface area contributed by atoms with Gasteiger partial charge in [-0.05, 0) is 29.6 Å². The van der Waals surface area contributed by atoms with Crippen LogP contribution in [0.1, 0.15) is 16.0 Å². The summed E-state index contributed by atoms with van der Waals surface area (Å²) in [5.41, 5.74) is 5.12. The van der Waals surface area contributed by atoms with Crippen LogP contribution in [0, 0.1) is 0 Å². The minimum Gasteiger partial charge on any atom is -0.389 e. The number of nitrogens with two attached hydrogens (primary N) is 1. The number of halogens is 3. The highest BCUT2D eigenvalue weighted by Crippen LogP contribution is 2.34. The number of rotatable bonds is 4. The molecule has 0 bridgehead atoms. The fourth-order valence-electron chi connectivity index (χ4n) is 1.95. The van der Waals surface area contributed by atoms with Crippen LogP contribution in [0.5, 0.6) is 0 Å². The zero-order chi connectivity index (χ0) is 15.6. The Hall–Kier alpha value is -1.60. The highest BCUT2D eigenvalue weighted by molar-refractivity contribution is 7.80. The molecule has 2 rings (SSSR count). The molecule has 0 aliphatic rings. The first-order valence-electron chi connectivity index (χ1n) is 6.03. The topological polar surface area (TPSA) is 29.3 Å². The first kappa shape index (κ1) is 15.8. The van der Waals surface area contributed by atoms with Crippen molar-refractivity contribution in [2.75, 3.05) is 11.9 Å². The van der Waals surface area contributed by atoms with E-state index < -0.39 is 11.7 Å². The summed E-state index contributed by atoms with van der Waals surface area (Å²) in [7, 11) is 1.81. The van der Waals surface area contributed by atoms with Crippen molar-refractivity contribution in [3.05, 3.63) is 51.7 Å². The van der Waals surface area contributed by atoms with Crippen LogP contribution in [0.3, 0.4) is 0 Å². The Bertz CT molecular complexity index is 636. The van der Waals surface area contributed by atoms with Gasteiger partial charge in [0.2, 0.25) is 0 Å². The Balaban J connectivity index is 2.33. The maximum absolute atomic E-state index is 12.9. The highest BCUT2D eigenvalue weighted by atomic mass is 32.1. The van der Waals surface area contributed by atoms with Gasteiger partial charge in [0, 0.05) is 23.2 Å². The van der Waals surface area contributed by atoms with Gasteiger partial charge in [-0.25, -0.2) is 0 Å². The van der Waals surface area contributed by atoms with Gasteiger partial charge < -0.3 is 10.6 Å². The molecular weight excluding hydrogens is 317 g/mol. The van der Waals surface area contributed by atoms with Gasteiger partial charge in [-0.15, -0.1) is 11.3 Å². The minimum atomic E-state index is -4.47. The van der Waals surface area contributed by atoms with E-state index in [4.69, 9.17) is 18.0 Å². The SMILES string of the molecule is CN(Cc1cccs1)c1ccc(C(F)(F)F)c(C(N)=S)c1. The molecule has 0 unspecified atom stereocenters. The first-order valence-corrected chi connectivity index (χ1v) is 7.32. The Morgan fingerprint density at radius 1 is 1.33 bits per heavy atom. The maximum Gasteiger partial charge on any atom is 0.417 e. The van der Waals surface area contributed by atoms with Gasteiger partial charge in [0.1, 0.15) is 4.99 Å². The number of anilines is 1. The molecule has 1 heterocycles. The van der Waals surface area contributed by atoms with E-state index in [2.05, 4.69) is 0 Å². The molecule has 0 aliphatic heterocycles. The molecular formula is C14H13F3N2S2. The first-order chi connectivity index (χ1) is 9.79. The van der Waals surface area contributed by atoms with Gasteiger partial charge in [-0.2, -0.15) is 13.2 Å². The molecule has 1 aromatic heterocycles. The second kappa shape index (κ2) is 6.03. The van der Waals surface area contributed by atoms with Crippen molar-refractivity contribution in [2.45, 2.75) is 12.7 Å². The molecule has 1 aromatic carbocycles. The Morgan fingerprint density at radius 3 is 2.57 bits per heavy atom. The van der Waals surface area contributed by atoms with E-state index in [1.807, 2.05) is 29.5 Å². The van der Waals surface area contributed by atoms with Crippen LogP contribution < -0.4 is 10.6 Å². The van der Waals surface area contributed by atoms with Crippen LogP contribution in [0.15, 0.2) is 35.7 Å². The average Bonchev–Trinajstić information content (AvgIpc) is 2.89. The number of thiocarbonyl (C=S) groups is 1. The van der Waals surface area contributed by atoms with Crippen LogP contribution >= 0.6 is 23.6 Å². The largest absolute Gasteiger partial charge is 0.417 e. The third-order valence-corrected chi connectivity index (χ3v) is 4.07. The smallest absolute Gasteiger partial charge is 0.389 e. The number of hydrogen-bond acceptors (Lipinski definition) is 3. The van der Waals surface area contributed by atoms with Gasteiger partial charge in [-0.3, -0.25) is 0 Å². The molecule has 0 spiro atoms. The van der Waals surface area contributed by atoms with Crippen molar-refractivity contribution in [2.24, 2.45) is 5.73 Å². The quantitative estimate of drug-likeness (QED) is 0.858. The molecule has 0 radical (unpaired) electrons. The summed E-state index contributed by atoms with van der Waals surface area (Å²) in [4.78, 5) is 2.72. The van der Waals surface area contributed by atoms with Crippen molar-refractivity contribution in [3.8, 4) is 0 Å². The maximum atomic E-state index is 12.9. The van der Waals surface area contributed by atoms with Crippen LogP contribution in [-0.4, -0.2) is 12.0 Å². The average molecular weight is 330 g/mol. The Labute approximate surface area is 130 Å². The lowest BCUT2D eigenvalue weighted by molar-refractivity contribution is -0.137. The Morgan fingerprint density at radius 2 is 2.05 bits per heavy atom. The molecule has 2 nitrogen and oxygen atoms in total. The summed E-state index contributed by atoms with van der Waals surface area (Å²) >= 11 is 6.33. The van der Waals surface area contributed by atoms with Crippen LogP contribution in [0.4, 0.5) is 18.9 Å². The summed E-state index contributed by atoms with van der Waals surface area (Å²) < 4.78 is 38.8. The van der Waals surface area contributed by atoms with E-state index >= 15 is 0 Å². The van der Waals surface area contributed by atoms with Gasteiger partial charge >= 0.3 is 6.18 Å². The lowest BCUT2D eigenvalue weighted by atomic mass is 10.1. The number of alkyl halides is 3. The van der Waals surface area contributed by atoms with Gasteiger partial charge in [0.05, 0.1) is 12.1 Å². The van der Waals surface area contributed by atoms with Crippen molar-refractivity contribution in [1.29, 1.82) is 0 Å². The normalized spacial score (nSPS) is 11.4. The van der Waals surface area contributed by atoms with Crippen molar-refractivity contribution in [1.82, 2.24) is 0 Å². The molecule has 0 amide bonds. The lowest BCUT2D eigenvalue weighted by Gasteiger charge is -2.21. The summed E-state index contributed by atoms with van der Waals surface area (Å²) in [6.07, 6.45) is -4.47. The zero-order valence-electron chi connectivity index (χ0n) is 11.1. The molecule has 0 atom stereocenters. The predicted octanol–water partition coefficient (Wildman–Crippen LogP) is 4.04. The summed E-state index contributed by atoms with van der Waals surface area (Å²) in [5, 5.41) is 1.95. The standard InChI is InChI=1S/C14H13F3N2S2/c1-19(8-10-3-2-6-21-10)9-4-5-12(14(15,16)17)11(7-9)13(18)20/h2-7H,8H2,1H3,(H2,18,20). The van der Waals surface area contributed by atoms with E-state index in [0.29, 0.717) is 12.2 Å². The zero-order valence-corrected chi connectivity index (χ0v) is 12.8. The number of nitrogens with zero attached hydrogens (tertiary/aromatic N) is 1. The number of hydrogen-bond donors (Lipinski definition) is 1. The molecule has 2 N–H and O–H groups in total. The highest BCUT2D eigenvalue weighted by Gasteiger charge is 2.34. The summed E-state index contributed by atoms with van der Waals surface area (Å²) in [5.74, 6) is 0. The second-order valence-corrected chi connectivity index (χ2v) is 6.00. The van der Waals surface area contributed by atoms with E-state index in [9.17, 15) is 13.2 Å². The second-order valence-electron chi connectivity index (χ2n) is 4.53. The number of benzene rings is 1.